The fourth-order valence-electron chi connectivity index (χ4n) is 1.04. The fourth-order valence-corrected chi connectivity index (χ4v) is 1.58. The SMILES string of the molecule is CCOC(=O)CCOc1ccccc1I. The Bertz CT molecular complexity index is 325. The number of esters is 1. The van der Waals surface area contributed by atoms with Crippen LogP contribution in [-0.4, -0.2) is 19.2 Å². The Kier molecular flexibility index (Phi) is 5.45. The van der Waals surface area contributed by atoms with Crippen LogP contribution in [0.1, 0.15) is 13.3 Å². The molecule has 0 aliphatic rings. The van der Waals surface area contributed by atoms with Crippen LogP contribution in [0.5, 0.6) is 5.75 Å². The number of para-hydroxylation sites is 1. The fraction of sp³-hybridized carbons (Fsp3) is 0.364. The van der Waals surface area contributed by atoms with Gasteiger partial charge < -0.3 is 9.47 Å². The highest BCUT2D eigenvalue weighted by Gasteiger charge is 2.03. The third-order valence-electron chi connectivity index (χ3n) is 1.71. The molecular weight excluding hydrogens is 307 g/mol. The molecule has 0 amide bonds. The van der Waals surface area contributed by atoms with Gasteiger partial charge in [0.05, 0.1) is 23.2 Å². The second kappa shape index (κ2) is 6.66. The molecule has 0 heterocycles. The van der Waals surface area contributed by atoms with E-state index in [2.05, 4.69) is 22.6 Å². The summed E-state index contributed by atoms with van der Waals surface area (Å²) in [6.07, 6.45) is 0.290. The number of benzene rings is 1. The monoisotopic (exact) mass is 320 g/mol. The molecule has 1 rings (SSSR count). The lowest BCUT2D eigenvalue weighted by Gasteiger charge is -2.07. The highest BCUT2D eigenvalue weighted by Crippen LogP contribution is 2.19. The van der Waals surface area contributed by atoms with E-state index < -0.39 is 0 Å². The molecular formula is C11H13IO3. The minimum Gasteiger partial charge on any atom is -0.492 e. The molecule has 1 aromatic carbocycles. The lowest BCUT2D eigenvalue weighted by molar-refractivity contribution is -0.143. The van der Waals surface area contributed by atoms with E-state index >= 15 is 0 Å². The second-order valence-electron chi connectivity index (χ2n) is 2.83. The van der Waals surface area contributed by atoms with Gasteiger partial charge in [0.2, 0.25) is 0 Å². The van der Waals surface area contributed by atoms with Crippen molar-refractivity contribution in [2.24, 2.45) is 0 Å². The van der Waals surface area contributed by atoms with Crippen molar-refractivity contribution in [2.75, 3.05) is 13.2 Å². The summed E-state index contributed by atoms with van der Waals surface area (Å²) in [6, 6.07) is 7.69. The van der Waals surface area contributed by atoms with E-state index in [1.54, 1.807) is 6.92 Å². The Morgan fingerprint density at radius 3 is 2.80 bits per heavy atom. The van der Waals surface area contributed by atoms with Gasteiger partial charge >= 0.3 is 5.97 Å². The quantitative estimate of drug-likeness (QED) is 0.618. The summed E-state index contributed by atoms with van der Waals surface area (Å²) in [5, 5.41) is 0. The summed E-state index contributed by atoms with van der Waals surface area (Å²) in [4.78, 5) is 11.0. The van der Waals surface area contributed by atoms with Crippen molar-refractivity contribution in [3.05, 3.63) is 27.8 Å². The summed E-state index contributed by atoms with van der Waals surface area (Å²) < 4.78 is 11.3. The molecule has 0 bridgehead atoms. The van der Waals surface area contributed by atoms with Crippen LogP contribution < -0.4 is 4.74 Å². The molecule has 0 saturated heterocycles. The van der Waals surface area contributed by atoms with Crippen LogP contribution >= 0.6 is 22.6 Å². The molecule has 0 N–H and O–H groups in total. The lowest BCUT2D eigenvalue weighted by Crippen LogP contribution is -2.09. The number of carbonyl (C=O) groups excluding carboxylic acids is 1. The van der Waals surface area contributed by atoms with Gasteiger partial charge in [-0.05, 0) is 41.6 Å². The maximum absolute atomic E-state index is 11.0. The van der Waals surface area contributed by atoms with Crippen LogP contribution in [0.3, 0.4) is 0 Å². The largest absolute Gasteiger partial charge is 0.492 e. The molecule has 1 aromatic rings. The zero-order valence-corrected chi connectivity index (χ0v) is 10.7. The average molecular weight is 320 g/mol. The Morgan fingerprint density at radius 1 is 1.40 bits per heavy atom. The van der Waals surface area contributed by atoms with E-state index in [9.17, 15) is 4.79 Å². The first kappa shape index (κ1) is 12.3. The number of rotatable bonds is 5. The minimum atomic E-state index is -0.219. The molecule has 82 valence electrons. The van der Waals surface area contributed by atoms with Crippen LogP contribution in [0.2, 0.25) is 0 Å². The van der Waals surface area contributed by atoms with Crippen molar-refractivity contribution in [1.82, 2.24) is 0 Å². The van der Waals surface area contributed by atoms with Crippen LogP contribution in [-0.2, 0) is 9.53 Å². The first-order valence-corrected chi connectivity index (χ1v) is 5.85. The number of halogens is 1. The van der Waals surface area contributed by atoms with E-state index in [1.165, 1.54) is 0 Å². The molecule has 0 unspecified atom stereocenters. The molecule has 0 fully saturated rings. The predicted octanol–water partition coefficient (Wildman–Crippen LogP) is 2.62. The molecule has 4 heteroatoms. The van der Waals surface area contributed by atoms with Crippen molar-refractivity contribution in [1.29, 1.82) is 0 Å². The van der Waals surface area contributed by atoms with Crippen molar-refractivity contribution in [3.63, 3.8) is 0 Å². The van der Waals surface area contributed by atoms with E-state index in [0.29, 0.717) is 19.6 Å². The van der Waals surface area contributed by atoms with Gasteiger partial charge in [-0.3, -0.25) is 4.79 Å². The molecule has 0 aromatic heterocycles. The standard InChI is InChI=1S/C11H13IO3/c1-2-14-11(13)7-8-15-10-6-4-3-5-9(10)12/h3-6H,2,7-8H2,1H3. The van der Waals surface area contributed by atoms with Gasteiger partial charge in [0.15, 0.2) is 0 Å². The van der Waals surface area contributed by atoms with Crippen molar-refractivity contribution in [2.45, 2.75) is 13.3 Å². The highest BCUT2D eigenvalue weighted by atomic mass is 127. The van der Waals surface area contributed by atoms with Crippen LogP contribution in [0.25, 0.3) is 0 Å². The van der Waals surface area contributed by atoms with Gasteiger partial charge in [0, 0.05) is 0 Å². The normalized spacial score (nSPS) is 9.73. The van der Waals surface area contributed by atoms with Crippen molar-refractivity contribution >= 4 is 28.6 Å². The maximum Gasteiger partial charge on any atom is 0.309 e. The molecule has 0 radical (unpaired) electrons. The summed E-state index contributed by atoms with van der Waals surface area (Å²) in [5.74, 6) is 0.589. The Hall–Kier alpha value is -0.780. The number of carbonyl (C=O) groups is 1. The molecule has 0 saturated carbocycles. The highest BCUT2D eigenvalue weighted by molar-refractivity contribution is 14.1. The van der Waals surface area contributed by atoms with Crippen LogP contribution in [0.4, 0.5) is 0 Å². The summed E-state index contributed by atoms with van der Waals surface area (Å²) in [5.41, 5.74) is 0. The Balaban J connectivity index is 2.32. The number of ether oxygens (including phenoxy) is 2. The van der Waals surface area contributed by atoms with Gasteiger partial charge in [-0.1, -0.05) is 12.1 Å². The molecule has 0 atom stereocenters. The molecule has 0 spiro atoms. The third-order valence-corrected chi connectivity index (χ3v) is 2.60. The summed E-state index contributed by atoms with van der Waals surface area (Å²) in [7, 11) is 0. The Morgan fingerprint density at radius 2 is 2.13 bits per heavy atom. The van der Waals surface area contributed by atoms with Gasteiger partial charge in [-0.25, -0.2) is 0 Å². The minimum absolute atomic E-state index is 0.219. The van der Waals surface area contributed by atoms with Crippen molar-refractivity contribution < 1.29 is 14.3 Å². The van der Waals surface area contributed by atoms with E-state index in [-0.39, 0.29) is 5.97 Å². The molecule has 0 aliphatic carbocycles. The summed E-state index contributed by atoms with van der Waals surface area (Å²) >= 11 is 2.19. The topological polar surface area (TPSA) is 35.5 Å². The van der Waals surface area contributed by atoms with Gasteiger partial charge in [-0.15, -0.1) is 0 Å². The van der Waals surface area contributed by atoms with Crippen molar-refractivity contribution in [3.8, 4) is 5.75 Å². The second-order valence-corrected chi connectivity index (χ2v) is 4.00. The first-order chi connectivity index (χ1) is 7.24. The van der Waals surface area contributed by atoms with Gasteiger partial charge in [0.1, 0.15) is 5.75 Å². The van der Waals surface area contributed by atoms with E-state index in [4.69, 9.17) is 9.47 Å². The zero-order valence-electron chi connectivity index (χ0n) is 8.53. The number of hydrogen-bond donors (Lipinski definition) is 0. The van der Waals surface area contributed by atoms with Gasteiger partial charge in [-0.2, -0.15) is 0 Å². The molecule has 0 aliphatic heterocycles. The Labute approximate surface area is 103 Å². The van der Waals surface area contributed by atoms with E-state index in [0.717, 1.165) is 9.32 Å². The van der Waals surface area contributed by atoms with Crippen LogP contribution in [0.15, 0.2) is 24.3 Å². The maximum atomic E-state index is 11.0. The first-order valence-electron chi connectivity index (χ1n) is 4.77. The lowest BCUT2D eigenvalue weighted by atomic mass is 10.3. The summed E-state index contributed by atoms with van der Waals surface area (Å²) in [6.45, 7) is 2.57. The van der Waals surface area contributed by atoms with E-state index in [1.807, 2.05) is 24.3 Å². The van der Waals surface area contributed by atoms with Crippen LogP contribution in [0, 0.1) is 3.57 Å². The third kappa shape index (κ3) is 4.51. The number of hydrogen-bond acceptors (Lipinski definition) is 3. The van der Waals surface area contributed by atoms with Gasteiger partial charge in [0.25, 0.3) is 0 Å². The molecule has 15 heavy (non-hydrogen) atoms. The predicted molar refractivity (Wildman–Crippen MR) is 65.9 cm³/mol. The molecule has 3 nitrogen and oxygen atoms in total. The smallest absolute Gasteiger partial charge is 0.309 e. The zero-order chi connectivity index (χ0) is 11.1. The average Bonchev–Trinajstić information content (AvgIpc) is 2.21.